The van der Waals surface area contributed by atoms with Crippen LogP contribution in [0.5, 0.6) is 0 Å². The van der Waals surface area contributed by atoms with Gasteiger partial charge in [0.1, 0.15) is 0 Å². The van der Waals surface area contributed by atoms with Crippen LogP contribution in [0.2, 0.25) is 0 Å². The maximum atomic E-state index is 10.7. The zero-order chi connectivity index (χ0) is 7.56. The summed E-state index contributed by atoms with van der Waals surface area (Å²) in [5.74, 6) is -0.0506. The van der Waals surface area contributed by atoms with Crippen LogP contribution in [0.4, 0.5) is 0 Å². The number of amides is 1. The van der Waals surface area contributed by atoms with E-state index in [4.69, 9.17) is 5.73 Å². The molecule has 1 heterocycles. The minimum absolute atomic E-state index is 0.0961. The maximum absolute atomic E-state index is 10.7. The fourth-order valence-electron chi connectivity index (χ4n) is 1.40. The molecule has 0 spiro atoms. The fourth-order valence-corrected chi connectivity index (χ4v) is 1.40. The number of nitrogens with zero attached hydrogens (tertiary/aromatic N) is 1. The zero-order valence-corrected chi connectivity index (χ0v) is 6.34. The number of rotatable bonds is 1. The highest BCUT2D eigenvalue weighted by atomic mass is 16.1. The second kappa shape index (κ2) is 3.01. The lowest BCUT2D eigenvalue weighted by molar-refractivity contribution is -0.123. The van der Waals surface area contributed by atoms with E-state index in [0.29, 0.717) is 0 Å². The standard InChI is InChI=1S/C7H14N2O/c1-9-4-2-3-6(5-9)7(8)10/h6H,2-5H2,1H3,(H2,8,10)/t6-/m1/s1. The number of likely N-dealkylation sites (tertiary alicyclic amines) is 1. The van der Waals surface area contributed by atoms with Crippen LogP contribution in [0, 0.1) is 5.92 Å². The Kier molecular flexibility index (Phi) is 2.27. The monoisotopic (exact) mass is 142 g/mol. The van der Waals surface area contributed by atoms with Gasteiger partial charge in [-0.1, -0.05) is 0 Å². The van der Waals surface area contributed by atoms with Gasteiger partial charge in [0, 0.05) is 6.54 Å². The molecule has 58 valence electrons. The summed E-state index contributed by atoms with van der Waals surface area (Å²) in [7, 11) is 2.02. The third-order valence-corrected chi connectivity index (χ3v) is 2.03. The molecule has 3 heteroatoms. The smallest absolute Gasteiger partial charge is 0.221 e. The number of hydrogen-bond acceptors (Lipinski definition) is 2. The molecule has 2 N–H and O–H groups in total. The van der Waals surface area contributed by atoms with Crippen LogP contribution in [0.3, 0.4) is 0 Å². The Bertz CT molecular complexity index is 136. The van der Waals surface area contributed by atoms with E-state index < -0.39 is 0 Å². The summed E-state index contributed by atoms with van der Waals surface area (Å²) in [5, 5.41) is 0. The van der Waals surface area contributed by atoms with Gasteiger partial charge in [-0.05, 0) is 26.4 Å². The molecule has 0 radical (unpaired) electrons. The molecule has 0 bridgehead atoms. The van der Waals surface area contributed by atoms with Gasteiger partial charge in [0.25, 0.3) is 0 Å². The Hall–Kier alpha value is -0.570. The third-order valence-electron chi connectivity index (χ3n) is 2.03. The molecule has 1 aliphatic rings. The quantitative estimate of drug-likeness (QED) is 0.551. The van der Waals surface area contributed by atoms with Gasteiger partial charge < -0.3 is 10.6 Å². The van der Waals surface area contributed by atoms with Crippen molar-refractivity contribution in [1.82, 2.24) is 4.90 Å². The second-order valence-electron chi connectivity index (χ2n) is 3.00. The average Bonchev–Trinajstić information content (AvgIpc) is 1.88. The molecule has 0 aromatic heterocycles. The molecule has 3 nitrogen and oxygen atoms in total. The van der Waals surface area contributed by atoms with Crippen molar-refractivity contribution in [2.24, 2.45) is 11.7 Å². The van der Waals surface area contributed by atoms with Crippen molar-refractivity contribution in [3.8, 4) is 0 Å². The molecule has 1 aliphatic heterocycles. The first-order valence-electron chi connectivity index (χ1n) is 3.68. The lowest BCUT2D eigenvalue weighted by Crippen LogP contribution is -2.38. The third kappa shape index (κ3) is 1.70. The van der Waals surface area contributed by atoms with Crippen molar-refractivity contribution in [3.05, 3.63) is 0 Å². The van der Waals surface area contributed by atoms with Crippen molar-refractivity contribution < 1.29 is 4.79 Å². The van der Waals surface area contributed by atoms with E-state index in [1.54, 1.807) is 0 Å². The van der Waals surface area contributed by atoms with Crippen LogP contribution >= 0.6 is 0 Å². The number of hydrogen-bond donors (Lipinski definition) is 1. The number of carbonyl (C=O) groups is 1. The summed E-state index contributed by atoms with van der Waals surface area (Å²) in [6.45, 7) is 1.94. The van der Waals surface area contributed by atoms with Gasteiger partial charge in [0.15, 0.2) is 0 Å². The number of carbonyl (C=O) groups excluding carboxylic acids is 1. The van der Waals surface area contributed by atoms with Crippen LogP contribution in [-0.4, -0.2) is 30.9 Å². The molecule has 0 unspecified atom stereocenters. The zero-order valence-electron chi connectivity index (χ0n) is 6.34. The molecule has 1 fully saturated rings. The van der Waals surface area contributed by atoms with Crippen LogP contribution in [-0.2, 0) is 4.79 Å². The second-order valence-corrected chi connectivity index (χ2v) is 3.00. The van der Waals surface area contributed by atoms with Gasteiger partial charge in [0.2, 0.25) is 5.91 Å². The summed E-state index contributed by atoms with van der Waals surface area (Å²) >= 11 is 0. The van der Waals surface area contributed by atoms with E-state index in [0.717, 1.165) is 25.9 Å². The average molecular weight is 142 g/mol. The first kappa shape index (κ1) is 7.54. The lowest BCUT2D eigenvalue weighted by Gasteiger charge is -2.27. The predicted molar refractivity (Wildman–Crippen MR) is 39.4 cm³/mol. The summed E-state index contributed by atoms with van der Waals surface area (Å²) in [5.41, 5.74) is 5.16. The predicted octanol–water partition coefficient (Wildman–Crippen LogP) is -0.187. The highest BCUT2D eigenvalue weighted by Gasteiger charge is 2.20. The minimum Gasteiger partial charge on any atom is -0.369 e. The van der Waals surface area contributed by atoms with Crippen molar-refractivity contribution in [2.45, 2.75) is 12.8 Å². The van der Waals surface area contributed by atoms with Gasteiger partial charge in [-0.15, -0.1) is 0 Å². The summed E-state index contributed by atoms with van der Waals surface area (Å²) in [4.78, 5) is 12.8. The van der Waals surface area contributed by atoms with Crippen LogP contribution in [0.1, 0.15) is 12.8 Å². The maximum Gasteiger partial charge on any atom is 0.221 e. The van der Waals surface area contributed by atoms with E-state index in [2.05, 4.69) is 4.90 Å². The van der Waals surface area contributed by atoms with Gasteiger partial charge in [0.05, 0.1) is 5.92 Å². The molecule has 1 amide bonds. The highest BCUT2D eigenvalue weighted by molar-refractivity contribution is 5.76. The van der Waals surface area contributed by atoms with Gasteiger partial charge in [-0.2, -0.15) is 0 Å². The SMILES string of the molecule is CN1CCC[C@@H](C(N)=O)C1. The normalized spacial score (nSPS) is 28.3. The molecule has 0 aliphatic carbocycles. The Morgan fingerprint density at radius 2 is 2.40 bits per heavy atom. The van der Waals surface area contributed by atoms with Crippen LogP contribution in [0.25, 0.3) is 0 Å². The first-order valence-corrected chi connectivity index (χ1v) is 3.68. The highest BCUT2D eigenvalue weighted by Crippen LogP contribution is 2.13. The first-order chi connectivity index (χ1) is 4.70. The van der Waals surface area contributed by atoms with Crippen LogP contribution < -0.4 is 5.73 Å². The molecule has 0 aromatic rings. The molecule has 1 atom stereocenters. The molecular formula is C7H14N2O. The Morgan fingerprint density at radius 1 is 1.70 bits per heavy atom. The summed E-state index contributed by atoms with van der Waals surface area (Å²) in [6, 6.07) is 0. The summed E-state index contributed by atoms with van der Waals surface area (Å²) in [6.07, 6.45) is 2.07. The van der Waals surface area contributed by atoms with E-state index in [1.807, 2.05) is 7.05 Å². The lowest BCUT2D eigenvalue weighted by atomic mass is 9.98. The van der Waals surface area contributed by atoms with Crippen molar-refractivity contribution >= 4 is 5.91 Å². The van der Waals surface area contributed by atoms with E-state index >= 15 is 0 Å². The Morgan fingerprint density at radius 3 is 2.80 bits per heavy atom. The van der Waals surface area contributed by atoms with Crippen molar-refractivity contribution in [1.29, 1.82) is 0 Å². The number of primary amides is 1. The Balaban J connectivity index is 2.39. The van der Waals surface area contributed by atoms with Crippen LogP contribution in [0.15, 0.2) is 0 Å². The van der Waals surface area contributed by atoms with Crippen molar-refractivity contribution in [3.63, 3.8) is 0 Å². The Labute approximate surface area is 61.2 Å². The number of piperidine rings is 1. The molecule has 1 saturated heterocycles. The largest absolute Gasteiger partial charge is 0.369 e. The van der Waals surface area contributed by atoms with E-state index in [9.17, 15) is 4.79 Å². The van der Waals surface area contributed by atoms with E-state index in [1.165, 1.54) is 0 Å². The molecule has 0 aromatic carbocycles. The fraction of sp³-hybridized carbons (Fsp3) is 0.857. The molecule has 0 saturated carbocycles. The van der Waals surface area contributed by atoms with E-state index in [-0.39, 0.29) is 11.8 Å². The topological polar surface area (TPSA) is 46.3 Å². The molecule has 10 heavy (non-hydrogen) atoms. The molecule has 1 rings (SSSR count). The van der Waals surface area contributed by atoms with Crippen molar-refractivity contribution in [2.75, 3.05) is 20.1 Å². The number of nitrogens with two attached hydrogens (primary N) is 1. The van der Waals surface area contributed by atoms with Gasteiger partial charge >= 0.3 is 0 Å². The molecular weight excluding hydrogens is 128 g/mol. The van der Waals surface area contributed by atoms with Gasteiger partial charge in [-0.3, -0.25) is 4.79 Å². The van der Waals surface area contributed by atoms with Gasteiger partial charge in [-0.25, -0.2) is 0 Å². The minimum atomic E-state index is -0.147. The summed E-state index contributed by atoms with van der Waals surface area (Å²) < 4.78 is 0.